The molecule has 0 bridgehead atoms. The average molecular weight is 329 g/mol. The van der Waals surface area contributed by atoms with Crippen LogP contribution in [-0.2, 0) is 9.53 Å². The number of ether oxygens (including phenoxy) is 1. The zero-order valence-corrected chi connectivity index (χ0v) is 13.5. The Morgan fingerprint density at radius 2 is 2.12 bits per heavy atom. The van der Waals surface area contributed by atoms with Gasteiger partial charge in [-0.1, -0.05) is 18.2 Å². The standard InChI is InChI=1S/C18H19NO5/c1-2-23-17(21)13-7-5-9-19(11-13)16(20)14-10-12-6-3-4-8-15(12)24-18(14)22/h3-4,6,8,10,13H,2,5,7,9,11H2,1H3/t13-/m1/s1. The SMILES string of the molecule is CCOC(=O)[C@@H]1CCCN(C(=O)c2cc3ccccc3oc2=O)C1. The van der Waals surface area contributed by atoms with E-state index in [0.29, 0.717) is 37.0 Å². The predicted molar refractivity (Wildman–Crippen MR) is 87.7 cm³/mol. The Bertz CT molecular complexity index is 826. The summed E-state index contributed by atoms with van der Waals surface area (Å²) in [6.07, 6.45) is 1.39. The first-order chi connectivity index (χ1) is 11.6. The number of hydrogen-bond donors (Lipinski definition) is 0. The molecule has 3 rings (SSSR count). The maximum absolute atomic E-state index is 12.7. The van der Waals surface area contributed by atoms with Gasteiger partial charge in [-0.2, -0.15) is 0 Å². The fraction of sp³-hybridized carbons (Fsp3) is 0.389. The molecule has 6 heteroatoms. The number of para-hydroxylation sites is 1. The summed E-state index contributed by atoms with van der Waals surface area (Å²) in [7, 11) is 0. The van der Waals surface area contributed by atoms with Gasteiger partial charge in [0.05, 0.1) is 12.5 Å². The summed E-state index contributed by atoms with van der Waals surface area (Å²) in [5.74, 6) is -1.03. The predicted octanol–water partition coefficient (Wildman–Crippen LogP) is 2.21. The summed E-state index contributed by atoms with van der Waals surface area (Å²) in [4.78, 5) is 38.3. The second-order valence-corrected chi connectivity index (χ2v) is 5.83. The molecule has 1 fully saturated rings. The van der Waals surface area contributed by atoms with Crippen molar-refractivity contribution < 1.29 is 18.7 Å². The first-order valence-corrected chi connectivity index (χ1v) is 8.09. The first kappa shape index (κ1) is 16.2. The van der Waals surface area contributed by atoms with Crippen LogP contribution in [0.1, 0.15) is 30.1 Å². The highest BCUT2D eigenvalue weighted by Crippen LogP contribution is 2.20. The number of piperidine rings is 1. The Morgan fingerprint density at radius 1 is 1.33 bits per heavy atom. The fourth-order valence-electron chi connectivity index (χ4n) is 3.00. The van der Waals surface area contributed by atoms with Crippen LogP contribution in [0.15, 0.2) is 39.5 Å². The molecule has 0 aliphatic carbocycles. The summed E-state index contributed by atoms with van der Waals surface area (Å²) in [6, 6.07) is 8.60. The molecule has 0 saturated carbocycles. The Morgan fingerprint density at radius 3 is 2.92 bits per heavy atom. The lowest BCUT2D eigenvalue weighted by Crippen LogP contribution is -2.44. The molecule has 1 amide bonds. The van der Waals surface area contributed by atoms with Gasteiger partial charge in [-0.05, 0) is 31.9 Å². The van der Waals surface area contributed by atoms with Crippen LogP contribution in [-0.4, -0.2) is 36.5 Å². The van der Waals surface area contributed by atoms with Gasteiger partial charge in [0.2, 0.25) is 0 Å². The number of benzene rings is 1. The molecular formula is C18H19NO5. The van der Waals surface area contributed by atoms with Gasteiger partial charge in [-0.3, -0.25) is 9.59 Å². The van der Waals surface area contributed by atoms with Crippen LogP contribution in [0.25, 0.3) is 11.0 Å². The van der Waals surface area contributed by atoms with E-state index in [9.17, 15) is 14.4 Å². The number of rotatable bonds is 3. The van der Waals surface area contributed by atoms with E-state index in [-0.39, 0.29) is 24.0 Å². The topological polar surface area (TPSA) is 76.8 Å². The van der Waals surface area contributed by atoms with Crippen molar-refractivity contribution in [2.24, 2.45) is 5.92 Å². The van der Waals surface area contributed by atoms with E-state index >= 15 is 0 Å². The van der Waals surface area contributed by atoms with Crippen molar-refractivity contribution in [3.63, 3.8) is 0 Å². The monoisotopic (exact) mass is 329 g/mol. The van der Waals surface area contributed by atoms with E-state index < -0.39 is 11.5 Å². The highest BCUT2D eigenvalue weighted by atomic mass is 16.5. The van der Waals surface area contributed by atoms with Crippen molar-refractivity contribution in [2.75, 3.05) is 19.7 Å². The van der Waals surface area contributed by atoms with Gasteiger partial charge < -0.3 is 14.1 Å². The van der Waals surface area contributed by atoms with Gasteiger partial charge in [0.25, 0.3) is 5.91 Å². The second kappa shape index (κ2) is 6.86. The molecule has 0 spiro atoms. The Labute approximate surface area is 139 Å². The van der Waals surface area contributed by atoms with Crippen LogP contribution >= 0.6 is 0 Å². The number of carbonyl (C=O) groups excluding carboxylic acids is 2. The van der Waals surface area contributed by atoms with Crippen molar-refractivity contribution in [2.45, 2.75) is 19.8 Å². The number of carbonyl (C=O) groups is 2. The quantitative estimate of drug-likeness (QED) is 0.637. The second-order valence-electron chi connectivity index (χ2n) is 5.83. The van der Waals surface area contributed by atoms with E-state index in [2.05, 4.69) is 0 Å². The van der Waals surface area contributed by atoms with Crippen LogP contribution in [0.5, 0.6) is 0 Å². The van der Waals surface area contributed by atoms with Gasteiger partial charge in [0, 0.05) is 18.5 Å². The fourth-order valence-corrected chi connectivity index (χ4v) is 3.00. The normalized spacial score (nSPS) is 17.7. The van der Waals surface area contributed by atoms with Crippen LogP contribution in [0.4, 0.5) is 0 Å². The first-order valence-electron chi connectivity index (χ1n) is 8.09. The summed E-state index contributed by atoms with van der Waals surface area (Å²) >= 11 is 0. The van der Waals surface area contributed by atoms with E-state index in [0.717, 1.165) is 0 Å². The maximum Gasteiger partial charge on any atom is 0.349 e. The van der Waals surface area contributed by atoms with Crippen molar-refractivity contribution in [3.05, 3.63) is 46.3 Å². The summed E-state index contributed by atoms with van der Waals surface area (Å²) in [6.45, 7) is 2.85. The molecule has 0 N–H and O–H groups in total. The van der Waals surface area contributed by atoms with E-state index in [1.165, 1.54) is 4.90 Å². The van der Waals surface area contributed by atoms with Gasteiger partial charge in [0.15, 0.2) is 0 Å². The van der Waals surface area contributed by atoms with Gasteiger partial charge in [-0.25, -0.2) is 4.79 Å². The summed E-state index contributed by atoms with van der Waals surface area (Å²) in [5.41, 5.74) is -0.211. The molecule has 1 aliphatic heterocycles. The molecule has 1 aromatic carbocycles. The minimum atomic E-state index is -0.656. The number of amides is 1. The smallest absolute Gasteiger partial charge is 0.349 e. The number of likely N-dealkylation sites (tertiary alicyclic amines) is 1. The Kier molecular flexibility index (Phi) is 4.64. The lowest BCUT2D eigenvalue weighted by atomic mass is 9.97. The molecule has 1 aromatic heterocycles. The number of hydrogen-bond acceptors (Lipinski definition) is 5. The minimum Gasteiger partial charge on any atom is -0.466 e. The Hall–Kier alpha value is -2.63. The Balaban J connectivity index is 1.84. The zero-order valence-electron chi connectivity index (χ0n) is 13.5. The van der Waals surface area contributed by atoms with E-state index in [1.54, 1.807) is 31.2 Å². The summed E-state index contributed by atoms with van der Waals surface area (Å²) in [5, 5.41) is 0.694. The molecule has 126 valence electrons. The molecule has 2 aromatic rings. The van der Waals surface area contributed by atoms with E-state index in [1.807, 2.05) is 6.07 Å². The lowest BCUT2D eigenvalue weighted by molar-refractivity contribution is -0.149. The molecule has 0 radical (unpaired) electrons. The van der Waals surface area contributed by atoms with Gasteiger partial charge in [-0.15, -0.1) is 0 Å². The molecule has 2 heterocycles. The third-order valence-electron chi connectivity index (χ3n) is 4.20. The maximum atomic E-state index is 12.7. The lowest BCUT2D eigenvalue weighted by Gasteiger charge is -2.31. The van der Waals surface area contributed by atoms with Crippen LogP contribution in [0.3, 0.4) is 0 Å². The zero-order chi connectivity index (χ0) is 17.1. The highest BCUT2D eigenvalue weighted by molar-refractivity contribution is 5.97. The molecule has 6 nitrogen and oxygen atoms in total. The van der Waals surface area contributed by atoms with Crippen molar-refractivity contribution in [1.29, 1.82) is 0 Å². The van der Waals surface area contributed by atoms with Crippen LogP contribution in [0.2, 0.25) is 0 Å². The van der Waals surface area contributed by atoms with Crippen molar-refractivity contribution >= 4 is 22.8 Å². The largest absolute Gasteiger partial charge is 0.466 e. The minimum absolute atomic E-state index is 0.00166. The molecular weight excluding hydrogens is 310 g/mol. The summed E-state index contributed by atoms with van der Waals surface area (Å²) < 4.78 is 10.3. The molecule has 1 aliphatic rings. The molecule has 1 saturated heterocycles. The van der Waals surface area contributed by atoms with Crippen molar-refractivity contribution in [1.82, 2.24) is 4.90 Å². The highest BCUT2D eigenvalue weighted by Gasteiger charge is 2.31. The van der Waals surface area contributed by atoms with Crippen LogP contribution in [0, 0.1) is 5.92 Å². The van der Waals surface area contributed by atoms with Gasteiger partial charge in [0.1, 0.15) is 11.1 Å². The molecule has 0 unspecified atom stereocenters. The number of fused-ring (bicyclic) bond motifs is 1. The average Bonchev–Trinajstić information content (AvgIpc) is 2.61. The number of nitrogens with zero attached hydrogens (tertiary/aromatic N) is 1. The molecule has 24 heavy (non-hydrogen) atoms. The van der Waals surface area contributed by atoms with Gasteiger partial charge >= 0.3 is 11.6 Å². The van der Waals surface area contributed by atoms with Crippen molar-refractivity contribution in [3.8, 4) is 0 Å². The third-order valence-corrected chi connectivity index (χ3v) is 4.20. The molecule has 1 atom stereocenters. The van der Waals surface area contributed by atoms with E-state index in [4.69, 9.17) is 9.15 Å². The number of esters is 1. The van der Waals surface area contributed by atoms with Crippen LogP contribution < -0.4 is 5.63 Å². The third kappa shape index (κ3) is 3.18.